The minimum absolute atomic E-state index is 0.0460. The molecule has 3 aromatic carbocycles. The maximum Gasteiger partial charge on any atom is 0.326 e. The maximum absolute atomic E-state index is 14.3. The van der Waals surface area contributed by atoms with E-state index in [0.29, 0.717) is 31.2 Å². The fourth-order valence-electron chi connectivity index (χ4n) is 7.57. The molecule has 17 heteroatoms. The number of phenolic OH excluding ortho intramolecular Hbond substituents is 1. The maximum atomic E-state index is 14.3. The number of para-hydroxylation sites is 1. The number of amides is 7. The van der Waals surface area contributed by atoms with Gasteiger partial charge in [-0.05, 0) is 79.8 Å². The number of hydrogen-bond donors (Lipinski definition) is 9. The Kier molecular flexibility index (Phi) is 17.3. The third kappa shape index (κ3) is 13.3. The molecule has 64 heavy (non-hydrogen) atoms. The molecule has 0 spiro atoms. The molecule has 1 saturated heterocycles. The second kappa shape index (κ2) is 23.0. The minimum atomic E-state index is -1.36. The monoisotopic (exact) mass is 880 g/mol. The molecule has 1 fully saturated rings. The SMILES string of the molecule is CCC(C)[C@@H]1NC(=O)[C@H](NC(=O)N[C@@H](Cc2c[nH]c3ccccc23)C(=O)O)CCCCNC(=O)[C@H](Cc2ccccc2)NC(=O)[C@H](C)N(C)C(=O)[C@H](CCc2ccc(O)cc2)NC1=O. The molecule has 0 aliphatic carbocycles. The second-order valence-corrected chi connectivity index (χ2v) is 16.4. The highest BCUT2D eigenvalue weighted by Crippen LogP contribution is 2.20. The van der Waals surface area contributed by atoms with Crippen LogP contribution in [0.4, 0.5) is 4.79 Å². The molecule has 4 aromatic rings. The number of rotatable bonds is 12. The summed E-state index contributed by atoms with van der Waals surface area (Å²) in [5, 5.41) is 37.2. The van der Waals surface area contributed by atoms with Crippen LogP contribution >= 0.6 is 0 Å². The molecule has 7 amide bonds. The average molecular weight is 881 g/mol. The lowest BCUT2D eigenvalue weighted by atomic mass is 9.96. The molecule has 2 heterocycles. The first-order valence-electron chi connectivity index (χ1n) is 21.8. The van der Waals surface area contributed by atoms with Crippen LogP contribution < -0.4 is 31.9 Å². The Hall–Kier alpha value is -6.91. The number of fused-ring (bicyclic) bond motifs is 1. The number of nitrogens with zero attached hydrogens (tertiary/aromatic N) is 1. The van der Waals surface area contributed by atoms with E-state index in [1.165, 1.54) is 31.0 Å². The van der Waals surface area contributed by atoms with Gasteiger partial charge in [0, 0.05) is 43.5 Å². The van der Waals surface area contributed by atoms with Crippen LogP contribution in [0.5, 0.6) is 5.75 Å². The van der Waals surface area contributed by atoms with Gasteiger partial charge in [-0.25, -0.2) is 9.59 Å². The quantitative estimate of drug-likeness (QED) is 0.101. The number of carboxylic acids is 1. The Morgan fingerprint density at radius 1 is 0.828 bits per heavy atom. The van der Waals surface area contributed by atoms with Gasteiger partial charge >= 0.3 is 12.0 Å². The average Bonchev–Trinajstić information content (AvgIpc) is 3.70. The lowest BCUT2D eigenvalue weighted by Crippen LogP contribution is -2.60. The van der Waals surface area contributed by atoms with Gasteiger partial charge in [0.2, 0.25) is 29.5 Å². The first-order valence-corrected chi connectivity index (χ1v) is 21.8. The van der Waals surface area contributed by atoms with Gasteiger partial charge in [0.05, 0.1) is 0 Å². The lowest BCUT2D eigenvalue weighted by molar-refractivity contribution is -0.142. The first-order chi connectivity index (χ1) is 30.6. The highest BCUT2D eigenvalue weighted by atomic mass is 16.4. The molecule has 1 aliphatic heterocycles. The molecule has 1 aromatic heterocycles. The molecular formula is C47H60N8O9. The van der Waals surface area contributed by atoms with Gasteiger partial charge < -0.3 is 52.0 Å². The number of likely N-dealkylation sites (N-methyl/N-ethyl adjacent to an activating group) is 1. The Balaban J connectivity index is 1.42. The smallest absolute Gasteiger partial charge is 0.326 e. The van der Waals surface area contributed by atoms with E-state index in [1.54, 1.807) is 25.3 Å². The summed E-state index contributed by atoms with van der Waals surface area (Å²) in [7, 11) is 1.44. The zero-order valence-corrected chi connectivity index (χ0v) is 36.7. The van der Waals surface area contributed by atoms with Crippen molar-refractivity contribution < 1.29 is 43.8 Å². The molecule has 9 N–H and O–H groups in total. The van der Waals surface area contributed by atoms with Crippen molar-refractivity contribution in [3.63, 3.8) is 0 Å². The van der Waals surface area contributed by atoms with Crippen LogP contribution in [0.2, 0.25) is 0 Å². The van der Waals surface area contributed by atoms with Crippen molar-refractivity contribution in [1.82, 2.24) is 41.8 Å². The highest BCUT2D eigenvalue weighted by molar-refractivity contribution is 5.96. The van der Waals surface area contributed by atoms with Crippen LogP contribution in [-0.4, -0.2) is 111 Å². The number of nitrogens with one attached hydrogen (secondary N) is 7. The third-order valence-electron chi connectivity index (χ3n) is 11.8. The molecular weight excluding hydrogens is 821 g/mol. The van der Waals surface area contributed by atoms with Crippen molar-refractivity contribution in [2.45, 2.75) is 108 Å². The number of benzene rings is 3. The molecule has 0 bridgehead atoms. The summed E-state index contributed by atoms with van der Waals surface area (Å²) < 4.78 is 0. The first kappa shape index (κ1) is 48.1. The van der Waals surface area contributed by atoms with Crippen molar-refractivity contribution >= 4 is 52.4 Å². The standard InChI is InChI=1S/C47H60N8O9/c1-5-28(2)40-44(60)50-37(23-20-30-18-21-33(56)22-19-30)45(61)55(4)29(3)41(57)51-38(25-31-13-7-6-8-14-31)42(58)48-24-12-11-17-36(43(59)54-40)52-47(64)53-39(46(62)63)26-32-27-49-35-16-10-9-15-34(32)35/h6-10,13-16,18-19,21-22,27-29,36-40,49,56H,5,11-12,17,20,23-26H2,1-4H3,(H,48,58)(H,50,60)(H,51,57)(H,54,59)(H,62,63)(H2,52,53,64)/t28?,29-,36+,37-,38-,39-,40-/m0/s1. The van der Waals surface area contributed by atoms with E-state index in [9.17, 15) is 43.8 Å². The van der Waals surface area contributed by atoms with Gasteiger partial charge in [-0.2, -0.15) is 0 Å². The summed E-state index contributed by atoms with van der Waals surface area (Å²) in [5.41, 5.74) is 3.03. The lowest BCUT2D eigenvalue weighted by Gasteiger charge is -2.32. The molecule has 0 radical (unpaired) electrons. The molecule has 342 valence electrons. The van der Waals surface area contributed by atoms with E-state index in [-0.39, 0.29) is 38.0 Å². The summed E-state index contributed by atoms with van der Waals surface area (Å²) in [6, 6.07) is 14.9. The molecule has 17 nitrogen and oxygen atoms in total. The van der Waals surface area contributed by atoms with Crippen molar-refractivity contribution in [2.24, 2.45) is 5.92 Å². The van der Waals surface area contributed by atoms with Gasteiger partial charge in [0.15, 0.2) is 0 Å². The third-order valence-corrected chi connectivity index (χ3v) is 11.8. The zero-order chi connectivity index (χ0) is 46.3. The molecule has 7 atom stereocenters. The van der Waals surface area contributed by atoms with E-state index in [0.717, 1.165) is 22.0 Å². The zero-order valence-electron chi connectivity index (χ0n) is 36.7. The van der Waals surface area contributed by atoms with Crippen LogP contribution in [0, 0.1) is 5.92 Å². The predicted octanol–water partition coefficient (Wildman–Crippen LogP) is 3.06. The summed E-state index contributed by atoms with van der Waals surface area (Å²) in [6.07, 6.45) is 3.32. The Labute approximate surface area is 372 Å². The van der Waals surface area contributed by atoms with Crippen molar-refractivity contribution in [1.29, 1.82) is 0 Å². The topological polar surface area (TPSA) is 251 Å². The van der Waals surface area contributed by atoms with E-state index in [4.69, 9.17) is 0 Å². The van der Waals surface area contributed by atoms with E-state index >= 15 is 0 Å². The molecule has 0 saturated carbocycles. The number of carboxylic acid groups (broad SMARTS) is 1. The molecule has 5 rings (SSSR count). The number of urea groups is 1. The number of aryl methyl sites for hydroxylation is 1. The largest absolute Gasteiger partial charge is 0.508 e. The van der Waals surface area contributed by atoms with Crippen LogP contribution in [0.1, 0.15) is 69.6 Å². The Bertz CT molecular complexity index is 2250. The van der Waals surface area contributed by atoms with Gasteiger partial charge in [-0.1, -0.05) is 80.9 Å². The summed E-state index contributed by atoms with van der Waals surface area (Å²) >= 11 is 0. The second-order valence-electron chi connectivity index (χ2n) is 16.4. The number of aromatic nitrogens is 1. The number of aromatic hydroxyl groups is 1. The fraction of sp³-hybridized carbons (Fsp3) is 0.426. The fourth-order valence-corrected chi connectivity index (χ4v) is 7.57. The van der Waals surface area contributed by atoms with Crippen LogP contribution in [0.3, 0.4) is 0 Å². The minimum Gasteiger partial charge on any atom is -0.508 e. The predicted molar refractivity (Wildman–Crippen MR) is 240 cm³/mol. The molecule has 1 aliphatic rings. The normalized spacial score (nSPS) is 21.8. The van der Waals surface area contributed by atoms with E-state index in [1.807, 2.05) is 61.5 Å². The number of aromatic amines is 1. The van der Waals surface area contributed by atoms with Gasteiger partial charge in [-0.3, -0.25) is 24.0 Å². The van der Waals surface area contributed by atoms with E-state index in [2.05, 4.69) is 36.9 Å². The van der Waals surface area contributed by atoms with Gasteiger partial charge in [0.1, 0.15) is 42.0 Å². The van der Waals surface area contributed by atoms with Crippen LogP contribution in [0.25, 0.3) is 10.9 Å². The van der Waals surface area contributed by atoms with Crippen molar-refractivity contribution in [2.75, 3.05) is 13.6 Å². The Morgan fingerprint density at radius 2 is 1.52 bits per heavy atom. The summed E-state index contributed by atoms with van der Waals surface area (Å²) in [4.78, 5) is 101. The summed E-state index contributed by atoms with van der Waals surface area (Å²) in [5.74, 6) is -4.70. The van der Waals surface area contributed by atoms with E-state index < -0.39 is 83.7 Å². The number of carbonyl (C=O) groups excluding carboxylic acids is 6. The van der Waals surface area contributed by atoms with Crippen LogP contribution in [-0.2, 0) is 48.0 Å². The van der Waals surface area contributed by atoms with Gasteiger partial charge in [0.25, 0.3) is 0 Å². The number of H-pyrrole nitrogens is 1. The van der Waals surface area contributed by atoms with Crippen molar-refractivity contribution in [3.8, 4) is 5.75 Å². The number of phenols is 1. The summed E-state index contributed by atoms with van der Waals surface area (Å²) in [6.45, 7) is 5.28. The highest BCUT2D eigenvalue weighted by Gasteiger charge is 2.36. The van der Waals surface area contributed by atoms with Gasteiger partial charge in [-0.15, -0.1) is 0 Å². The number of aliphatic carboxylic acids is 1. The number of hydrogen-bond acceptors (Lipinski definition) is 8. The number of carbonyl (C=O) groups is 7. The Morgan fingerprint density at radius 3 is 2.22 bits per heavy atom. The van der Waals surface area contributed by atoms with Crippen molar-refractivity contribution in [3.05, 3.63) is 102 Å². The molecule has 1 unspecified atom stereocenters. The van der Waals surface area contributed by atoms with Crippen LogP contribution in [0.15, 0.2) is 85.1 Å².